The summed E-state index contributed by atoms with van der Waals surface area (Å²) in [5.74, 6) is 0.355. The molecule has 1 aliphatic heterocycles. The van der Waals surface area contributed by atoms with E-state index in [-0.39, 0.29) is 23.5 Å². The van der Waals surface area contributed by atoms with Crippen LogP contribution in [-0.2, 0) is 6.54 Å². The molecule has 25 heavy (non-hydrogen) atoms. The van der Waals surface area contributed by atoms with Gasteiger partial charge in [-0.15, -0.1) is 0 Å². The van der Waals surface area contributed by atoms with Crippen molar-refractivity contribution >= 4 is 5.91 Å². The zero-order valence-corrected chi connectivity index (χ0v) is 14.7. The topological polar surface area (TPSA) is 49.6 Å². The molecule has 134 valence electrons. The van der Waals surface area contributed by atoms with E-state index in [0.29, 0.717) is 19.0 Å². The van der Waals surface area contributed by atoms with Gasteiger partial charge in [0, 0.05) is 38.3 Å². The molecule has 0 radical (unpaired) electrons. The predicted molar refractivity (Wildman–Crippen MR) is 92.5 cm³/mol. The Bertz CT molecular complexity index is 685. The zero-order chi connectivity index (χ0) is 17.8. The van der Waals surface area contributed by atoms with Crippen molar-refractivity contribution in [2.24, 2.45) is 5.92 Å². The van der Waals surface area contributed by atoms with Gasteiger partial charge in [0.15, 0.2) is 0 Å². The minimum atomic E-state index is -0.219. The largest absolute Gasteiger partial charge is 0.351 e. The third-order valence-electron chi connectivity index (χ3n) is 4.75. The molecule has 1 aromatic heterocycles. The van der Waals surface area contributed by atoms with E-state index in [1.165, 1.54) is 18.3 Å². The molecule has 1 saturated heterocycles. The van der Waals surface area contributed by atoms with Gasteiger partial charge >= 0.3 is 0 Å². The van der Waals surface area contributed by atoms with Crippen LogP contribution in [0.25, 0.3) is 0 Å². The van der Waals surface area contributed by atoms with Crippen LogP contribution in [0, 0.1) is 11.7 Å². The van der Waals surface area contributed by atoms with E-state index in [0.717, 1.165) is 25.1 Å². The van der Waals surface area contributed by atoms with Crippen LogP contribution >= 0.6 is 0 Å². The van der Waals surface area contributed by atoms with Crippen molar-refractivity contribution in [2.45, 2.75) is 32.9 Å². The molecule has 2 heterocycles. The van der Waals surface area contributed by atoms with E-state index in [9.17, 15) is 9.18 Å². The lowest BCUT2D eigenvalue weighted by molar-refractivity contribution is 0.0662. The monoisotopic (exact) mass is 345 g/mol. The second-order valence-corrected chi connectivity index (χ2v) is 6.89. The number of carbonyl (C=O) groups excluding carboxylic acids is 1. The first kappa shape index (κ1) is 17.6. The first-order chi connectivity index (χ1) is 12.0. The van der Waals surface area contributed by atoms with Gasteiger partial charge in [-0.3, -0.25) is 9.69 Å². The average Bonchev–Trinajstić information content (AvgIpc) is 3.04. The summed E-state index contributed by atoms with van der Waals surface area (Å²) in [6, 6.07) is 8.49. The molecule has 6 heteroatoms. The van der Waals surface area contributed by atoms with Crippen LogP contribution in [0.4, 0.5) is 4.39 Å². The van der Waals surface area contributed by atoms with Crippen LogP contribution in [0.3, 0.4) is 0 Å². The van der Waals surface area contributed by atoms with Crippen molar-refractivity contribution in [3.05, 3.63) is 53.7 Å². The van der Waals surface area contributed by atoms with Crippen LogP contribution in [0.2, 0.25) is 0 Å². The quantitative estimate of drug-likeness (QED) is 0.854. The third-order valence-corrected chi connectivity index (χ3v) is 4.75. The predicted octanol–water partition coefficient (Wildman–Crippen LogP) is 3.19. The highest BCUT2D eigenvalue weighted by atomic mass is 19.1. The molecular weight excluding hydrogens is 321 g/mol. The molecule has 1 aromatic carbocycles. The Hall–Kier alpha value is -2.21. The van der Waals surface area contributed by atoms with E-state index in [1.54, 1.807) is 6.07 Å². The molecule has 0 aliphatic carbocycles. The van der Waals surface area contributed by atoms with Gasteiger partial charge < -0.3 is 9.42 Å². The Balaban J connectivity index is 1.74. The van der Waals surface area contributed by atoms with Gasteiger partial charge in [0.1, 0.15) is 5.82 Å². The molecule has 5 nitrogen and oxygen atoms in total. The maximum absolute atomic E-state index is 13.1. The minimum absolute atomic E-state index is 0.105. The maximum Gasteiger partial charge on any atom is 0.292 e. The van der Waals surface area contributed by atoms with Crippen molar-refractivity contribution in [3.8, 4) is 0 Å². The highest BCUT2D eigenvalue weighted by Gasteiger charge is 2.30. The first-order valence-corrected chi connectivity index (χ1v) is 8.73. The van der Waals surface area contributed by atoms with Gasteiger partial charge in [-0.1, -0.05) is 31.1 Å². The number of carbonyl (C=O) groups is 1. The second-order valence-electron chi connectivity index (χ2n) is 6.89. The van der Waals surface area contributed by atoms with Crippen LogP contribution in [0.1, 0.15) is 36.4 Å². The number of nitrogens with zero attached hydrogens (tertiary/aromatic N) is 3. The number of rotatable bonds is 4. The molecule has 3 rings (SSSR count). The Kier molecular flexibility index (Phi) is 5.48. The zero-order valence-electron chi connectivity index (χ0n) is 14.7. The fourth-order valence-corrected chi connectivity index (χ4v) is 3.38. The number of amides is 1. The lowest BCUT2D eigenvalue weighted by atomic mass is 10.0. The standard InChI is InChI=1S/C19H24FN3O2/c1-14(2)17-13-23(19(24)18-8-9-21-25-18)11-3-10-22(17)12-15-4-6-16(20)7-5-15/h4-9,14,17H,3,10-13H2,1-2H3. The fourth-order valence-electron chi connectivity index (χ4n) is 3.38. The van der Waals surface area contributed by atoms with Gasteiger partial charge in [-0.2, -0.15) is 0 Å². The lowest BCUT2D eigenvalue weighted by Gasteiger charge is -2.34. The van der Waals surface area contributed by atoms with E-state index >= 15 is 0 Å². The molecule has 1 fully saturated rings. The number of hydrogen-bond acceptors (Lipinski definition) is 4. The van der Waals surface area contributed by atoms with Crippen molar-refractivity contribution in [1.82, 2.24) is 15.0 Å². The number of benzene rings is 1. The van der Waals surface area contributed by atoms with Gasteiger partial charge in [-0.25, -0.2) is 4.39 Å². The summed E-state index contributed by atoms with van der Waals surface area (Å²) in [5, 5.41) is 3.63. The molecule has 0 saturated carbocycles. The van der Waals surface area contributed by atoms with E-state index in [2.05, 4.69) is 23.9 Å². The summed E-state index contributed by atoms with van der Waals surface area (Å²) >= 11 is 0. The van der Waals surface area contributed by atoms with Crippen molar-refractivity contribution in [2.75, 3.05) is 19.6 Å². The molecule has 1 unspecified atom stereocenters. The van der Waals surface area contributed by atoms with Crippen LogP contribution in [-0.4, -0.2) is 46.5 Å². The first-order valence-electron chi connectivity index (χ1n) is 8.73. The number of halogens is 1. The smallest absolute Gasteiger partial charge is 0.292 e. The van der Waals surface area contributed by atoms with Crippen LogP contribution in [0.5, 0.6) is 0 Å². The van der Waals surface area contributed by atoms with Crippen molar-refractivity contribution in [1.29, 1.82) is 0 Å². The number of hydrogen-bond donors (Lipinski definition) is 0. The summed E-state index contributed by atoms with van der Waals surface area (Å²) in [6.07, 6.45) is 2.39. The van der Waals surface area contributed by atoms with Crippen LogP contribution in [0.15, 0.2) is 41.1 Å². The number of aromatic nitrogens is 1. The Labute approximate surface area is 147 Å². The molecule has 1 amide bonds. The van der Waals surface area contributed by atoms with E-state index < -0.39 is 0 Å². The molecular formula is C19H24FN3O2. The average molecular weight is 345 g/mol. The molecule has 0 N–H and O–H groups in total. The third kappa shape index (κ3) is 4.25. The highest BCUT2D eigenvalue weighted by molar-refractivity contribution is 5.91. The Morgan fingerprint density at radius 2 is 2.04 bits per heavy atom. The summed E-state index contributed by atoms with van der Waals surface area (Å²) in [7, 11) is 0. The van der Waals surface area contributed by atoms with Gasteiger partial charge in [-0.05, 0) is 30.0 Å². The Morgan fingerprint density at radius 3 is 2.68 bits per heavy atom. The Morgan fingerprint density at radius 1 is 1.28 bits per heavy atom. The van der Waals surface area contributed by atoms with Crippen molar-refractivity contribution in [3.63, 3.8) is 0 Å². The highest BCUT2D eigenvalue weighted by Crippen LogP contribution is 2.21. The minimum Gasteiger partial charge on any atom is -0.351 e. The SMILES string of the molecule is CC(C)C1CN(C(=O)c2ccno2)CCCN1Cc1ccc(F)cc1. The van der Waals surface area contributed by atoms with Gasteiger partial charge in [0.05, 0.1) is 6.20 Å². The summed E-state index contributed by atoms with van der Waals surface area (Å²) in [6.45, 7) is 7.35. The van der Waals surface area contributed by atoms with E-state index in [4.69, 9.17) is 4.52 Å². The summed E-state index contributed by atoms with van der Waals surface area (Å²) < 4.78 is 18.2. The van der Waals surface area contributed by atoms with Crippen LogP contribution < -0.4 is 0 Å². The maximum atomic E-state index is 13.1. The normalized spacial score (nSPS) is 19.2. The fraction of sp³-hybridized carbons (Fsp3) is 0.474. The van der Waals surface area contributed by atoms with Gasteiger partial charge in [0.2, 0.25) is 5.76 Å². The van der Waals surface area contributed by atoms with Gasteiger partial charge in [0.25, 0.3) is 5.91 Å². The van der Waals surface area contributed by atoms with E-state index in [1.807, 2.05) is 17.0 Å². The lowest BCUT2D eigenvalue weighted by Crippen LogP contribution is -2.45. The summed E-state index contributed by atoms with van der Waals surface area (Å²) in [4.78, 5) is 16.9. The molecule has 1 atom stereocenters. The molecule has 1 aliphatic rings. The molecule has 0 bridgehead atoms. The summed E-state index contributed by atoms with van der Waals surface area (Å²) in [5.41, 5.74) is 1.09. The molecule has 2 aromatic rings. The molecule has 0 spiro atoms. The second kappa shape index (κ2) is 7.78. The van der Waals surface area contributed by atoms with Crippen molar-refractivity contribution < 1.29 is 13.7 Å².